The third-order valence-corrected chi connectivity index (χ3v) is 7.72. The fourth-order valence-corrected chi connectivity index (χ4v) is 5.23. The lowest BCUT2D eigenvalue weighted by Crippen LogP contribution is -2.28. The van der Waals surface area contributed by atoms with Crippen LogP contribution in [0.1, 0.15) is 61.5 Å². The highest BCUT2D eigenvalue weighted by atomic mass is 16.7. The summed E-state index contributed by atoms with van der Waals surface area (Å²) in [7, 11) is 4.05. The molecular formula is C33H39N3O4. The zero-order valence-electron chi connectivity index (χ0n) is 24.1. The molecule has 1 fully saturated rings. The number of benzene rings is 3. The number of amides is 2. The molecule has 1 heterocycles. The molecule has 3 aromatic rings. The van der Waals surface area contributed by atoms with Gasteiger partial charge in [-0.2, -0.15) is 0 Å². The predicted octanol–water partition coefficient (Wildman–Crippen LogP) is 5.73. The Kier molecular flexibility index (Phi) is 7.60. The summed E-state index contributed by atoms with van der Waals surface area (Å²) in [5.41, 5.74) is 4.89. The Morgan fingerprint density at radius 1 is 0.925 bits per heavy atom. The Morgan fingerprint density at radius 3 is 2.33 bits per heavy atom. The van der Waals surface area contributed by atoms with Crippen LogP contribution in [0.5, 0.6) is 11.5 Å². The summed E-state index contributed by atoms with van der Waals surface area (Å²) in [5, 5.41) is 6.19. The van der Waals surface area contributed by atoms with E-state index in [1.54, 1.807) is 0 Å². The maximum absolute atomic E-state index is 13.6. The molecule has 1 aliphatic heterocycles. The molecule has 0 atom stereocenters. The quantitative estimate of drug-likeness (QED) is 0.338. The van der Waals surface area contributed by atoms with E-state index in [4.69, 9.17) is 9.47 Å². The molecule has 3 aromatic carbocycles. The molecule has 0 bridgehead atoms. The number of rotatable bonds is 9. The van der Waals surface area contributed by atoms with Gasteiger partial charge in [0.15, 0.2) is 11.5 Å². The molecule has 1 aliphatic carbocycles. The molecule has 0 unspecified atom stereocenters. The average molecular weight is 542 g/mol. The number of fused-ring (bicyclic) bond motifs is 1. The van der Waals surface area contributed by atoms with Crippen molar-refractivity contribution in [1.82, 2.24) is 10.2 Å². The lowest BCUT2D eigenvalue weighted by Gasteiger charge is -2.24. The van der Waals surface area contributed by atoms with Crippen molar-refractivity contribution in [2.45, 2.75) is 50.9 Å². The molecule has 5 rings (SSSR count). The first kappa shape index (κ1) is 27.7. The molecule has 2 N–H and O–H groups in total. The van der Waals surface area contributed by atoms with Gasteiger partial charge >= 0.3 is 0 Å². The highest BCUT2D eigenvalue weighted by molar-refractivity contribution is 6.02. The van der Waals surface area contributed by atoms with Crippen LogP contribution in [0, 0.1) is 0 Å². The molecule has 210 valence electrons. The van der Waals surface area contributed by atoms with Gasteiger partial charge in [0.1, 0.15) is 0 Å². The Hall–Kier alpha value is -3.84. The van der Waals surface area contributed by atoms with E-state index in [9.17, 15) is 9.59 Å². The van der Waals surface area contributed by atoms with E-state index < -0.39 is 5.41 Å². The van der Waals surface area contributed by atoms with Crippen LogP contribution in [0.25, 0.3) is 11.1 Å². The molecule has 40 heavy (non-hydrogen) atoms. The lowest BCUT2D eigenvalue weighted by molar-refractivity contribution is -0.118. The summed E-state index contributed by atoms with van der Waals surface area (Å²) in [6.07, 6.45) is 2.49. The van der Waals surface area contributed by atoms with Gasteiger partial charge in [-0.05, 0) is 104 Å². The first-order valence-corrected chi connectivity index (χ1v) is 14.0. The van der Waals surface area contributed by atoms with Crippen molar-refractivity contribution in [3.63, 3.8) is 0 Å². The van der Waals surface area contributed by atoms with E-state index in [2.05, 4.69) is 42.4 Å². The Bertz CT molecular complexity index is 1400. The molecule has 2 aliphatic rings. The Balaban J connectivity index is 1.35. The van der Waals surface area contributed by atoms with Crippen LogP contribution >= 0.6 is 0 Å². The number of nitrogens with zero attached hydrogens (tertiary/aromatic N) is 1. The largest absolute Gasteiger partial charge is 0.454 e. The molecule has 7 nitrogen and oxygen atoms in total. The molecule has 1 saturated carbocycles. The molecule has 2 amide bonds. The fraction of sp³-hybridized carbons (Fsp3) is 0.394. The van der Waals surface area contributed by atoms with Gasteiger partial charge < -0.3 is 25.0 Å². The van der Waals surface area contributed by atoms with Gasteiger partial charge in [0.2, 0.25) is 12.7 Å². The van der Waals surface area contributed by atoms with Crippen molar-refractivity contribution in [2.75, 3.05) is 39.3 Å². The summed E-state index contributed by atoms with van der Waals surface area (Å²) in [5.74, 6) is 1.33. The summed E-state index contributed by atoms with van der Waals surface area (Å²) in [6, 6.07) is 19.6. The molecule has 7 heteroatoms. The monoisotopic (exact) mass is 541 g/mol. The third kappa shape index (κ3) is 5.85. The zero-order valence-corrected chi connectivity index (χ0v) is 24.1. The number of hydrogen-bond acceptors (Lipinski definition) is 5. The van der Waals surface area contributed by atoms with Crippen LogP contribution in [0.3, 0.4) is 0 Å². The Morgan fingerprint density at radius 2 is 1.65 bits per heavy atom. The maximum atomic E-state index is 13.6. The number of hydrogen-bond donors (Lipinski definition) is 2. The second-order valence-corrected chi connectivity index (χ2v) is 12.1. The van der Waals surface area contributed by atoms with E-state index in [1.807, 2.05) is 68.7 Å². The second-order valence-electron chi connectivity index (χ2n) is 12.1. The predicted molar refractivity (Wildman–Crippen MR) is 158 cm³/mol. The van der Waals surface area contributed by atoms with Crippen molar-refractivity contribution in [3.05, 3.63) is 77.4 Å². The van der Waals surface area contributed by atoms with Gasteiger partial charge in [-0.3, -0.25) is 9.59 Å². The number of ether oxygens (including phenoxy) is 2. The van der Waals surface area contributed by atoms with Gasteiger partial charge in [-0.1, -0.05) is 45.0 Å². The van der Waals surface area contributed by atoms with Crippen molar-refractivity contribution in [1.29, 1.82) is 0 Å². The van der Waals surface area contributed by atoms with Crippen LogP contribution in [0.4, 0.5) is 5.69 Å². The number of carbonyl (C=O) groups is 2. The summed E-state index contributed by atoms with van der Waals surface area (Å²) < 4.78 is 11.0. The SMILES string of the molecule is CN(C)CCCNC(=O)c1ccc(-c2cc(NC(=O)C3(c4ccc5c(c4)OCO5)CC3)ccc2C(C)(C)C)cc1. The van der Waals surface area contributed by atoms with Crippen LogP contribution in [0.2, 0.25) is 0 Å². The van der Waals surface area contributed by atoms with Crippen LogP contribution in [-0.2, 0) is 15.6 Å². The highest BCUT2D eigenvalue weighted by Crippen LogP contribution is 2.51. The molecule has 0 spiro atoms. The van der Waals surface area contributed by atoms with Gasteiger partial charge in [0.05, 0.1) is 5.41 Å². The summed E-state index contributed by atoms with van der Waals surface area (Å²) in [6.45, 7) is 8.32. The molecule has 0 aromatic heterocycles. The summed E-state index contributed by atoms with van der Waals surface area (Å²) >= 11 is 0. The van der Waals surface area contributed by atoms with E-state index in [0.29, 0.717) is 17.9 Å². The summed E-state index contributed by atoms with van der Waals surface area (Å²) in [4.78, 5) is 28.3. The van der Waals surface area contributed by atoms with Gasteiger partial charge in [0.25, 0.3) is 5.91 Å². The molecule has 0 saturated heterocycles. The van der Waals surface area contributed by atoms with Crippen LogP contribution in [-0.4, -0.2) is 50.7 Å². The van der Waals surface area contributed by atoms with E-state index in [0.717, 1.165) is 53.9 Å². The van der Waals surface area contributed by atoms with E-state index in [-0.39, 0.29) is 24.0 Å². The standard InChI is InChI=1S/C33H39N3O4/c1-32(2,3)27-13-12-25(35-31(38)33(15-16-33)24-11-14-28-29(19-24)40-21-39-28)20-26(27)22-7-9-23(10-8-22)30(37)34-17-6-18-36(4)5/h7-14,19-20H,6,15-18,21H2,1-5H3,(H,34,37)(H,35,38). The van der Waals surface area contributed by atoms with Crippen LogP contribution in [0.15, 0.2) is 60.7 Å². The molecule has 0 radical (unpaired) electrons. The zero-order chi connectivity index (χ0) is 28.5. The Labute approximate surface area is 236 Å². The first-order chi connectivity index (χ1) is 19.1. The lowest BCUT2D eigenvalue weighted by atomic mass is 9.81. The van der Waals surface area contributed by atoms with Gasteiger partial charge in [-0.25, -0.2) is 0 Å². The van der Waals surface area contributed by atoms with Crippen molar-refractivity contribution < 1.29 is 19.1 Å². The van der Waals surface area contributed by atoms with E-state index in [1.165, 1.54) is 5.56 Å². The van der Waals surface area contributed by atoms with Gasteiger partial charge in [0, 0.05) is 17.8 Å². The smallest absolute Gasteiger partial charge is 0.251 e. The third-order valence-electron chi connectivity index (χ3n) is 7.72. The minimum absolute atomic E-state index is 0.0119. The van der Waals surface area contributed by atoms with Crippen molar-refractivity contribution in [3.8, 4) is 22.6 Å². The minimum Gasteiger partial charge on any atom is -0.454 e. The molecular weight excluding hydrogens is 502 g/mol. The maximum Gasteiger partial charge on any atom is 0.251 e. The first-order valence-electron chi connectivity index (χ1n) is 14.0. The van der Waals surface area contributed by atoms with E-state index >= 15 is 0 Å². The van der Waals surface area contributed by atoms with Crippen molar-refractivity contribution in [2.24, 2.45) is 0 Å². The highest BCUT2D eigenvalue weighted by Gasteiger charge is 2.51. The minimum atomic E-state index is -0.550. The number of carbonyl (C=O) groups excluding carboxylic acids is 2. The van der Waals surface area contributed by atoms with Crippen LogP contribution < -0.4 is 20.1 Å². The topological polar surface area (TPSA) is 79.9 Å². The van der Waals surface area contributed by atoms with Gasteiger partial charge in [-0.15, -0.1) is 0 Å². The average Bonchev–Trinajstić information content (AvgIpc) is 3.61. The normalized spacial score (nSPS) is 15.2. The fourth-order valence-electron chi connectivity index (χ4n) is 5.23. The second kappa shape index (κ2) is 11.0. The number of anilines is 1. The van der Waals surface area contributed by atoms with Crippen molar-refractivity contribution >= 4 is 17.5 Å². The number of nitrogens with one attached hydrogen (secondary N) is 2.